The van der Waals surface area contributed by atoms with Crippen LogP contribution in [0.15, 0.2) is 42.5 Å². The van der Waals surface area contributed by atoms with Crippen LogP contribution in [-0.2, 0) is 0 Å². The van der Waals surface area contributed by atoms with Crippen molar-refractivity contribution >= 4 is 12.2 Å². The maximum atomic E-state index is 9.33. The van der Waals surface area contributed by atoms with E-state index < -0.39 is 0 Å². The summed E-state index contributed by atoms with van der Waals surface area (Å²) in [7, 11) is 0. The Bertz CT molecular complexity index is 602. The van der Waals surface area contributed by atoms with E-state index in [2.05, 4.69) is 6.07 Å². The monoisotopic (exact) mass is 237 g/mol. The molecule has 2 aromatic carbocycles. The molecule has 0 atom stereocenters. The van der Waals surface area contributed by atoms with Crippen LogP contribution in [0.3, 0.4) is 0 Å². The highest BCUT2D eigenvalue weighted by atomic mass is 16.3. The Kier molecular flexibility index (Phi) is 3.31. The van der Waals surface area contributed by atoms with Gasteiger partial charge in [0.15, 0.2) is 0 Å². The second kappa shape index (κ2) is 5.07. The van der Waals surface area contributed by atoms with Crippen LogP contribution in [0.25, 0.3) is 12.2 Å². The summed E-state index contributed by atoms with van der Waals surface area (Å²) in [4.78, 5) is 0. The van der Waals surface area contributed by atoms with E-state index in [1.807, 2.05) is 18.2 Å². The first kappa shape index (κ1) is 11.7. The van der Waals surface area contributed by atoms with Crippen LogP contribution in [0.5, 0.6) is 11.5 Å². The third-order valence-corrected chi connectivity index (χ3v) is 2.43. The van der Waals surface area contributed by atoms with Gasteiger partial charge in [-0.3, -0.25) is 0 Å². The number of phenolic OH excluding ortho intramolecular Hbond substituents is 2. The molecule has 0 aromatic heterocycles. The fourth-order valence-corrected chi connectivity index (χ4v) is 1.58. The van der Waals surface area contributed by atoms with Crippen molar-refractivity contribution in [1.82, 2.24) is 0 Å². The first-order chi connectivity index (χ1) is 8.67. The third kappa shape index (κ3) is 2.89. The van der Waals surface area contributed by atoms with Gasteiger partial charge < -0.3 is 10.2 Å². The maximum Gasteiger partial charge on any atom is 0.119 e. The predicted molar refractivity (Wildman–Crippen MR) is 69.9 cm³/mol. The molecule has 3 nitrogen and oxygen atoms in total. The van der Waals surface area contributed by atoms with Gasteiger partial charge in [-0.15, -0.1) is 0 Å². The largest absolute Gasteiger partial charge is 0.508 e. The SMILES string of the molecule is N#Cc1ccc(/C=C/c2cc(O)cc(O)c2)cc1. The maximum absolute atomic E-state index is 9.33. The minimum absolute atomic E-state index is 0.0227. The lowest BCUT2D eigenvalue weighted by Gasteiger charge is -1.98. The van der Waals surface area contributed by atoms with Crippen LogP contribution in [0.4, 0.5) is 0 Å². The van der Waals surface area contributed by atoms with Gasteiger partial charge in [-0.1, -0.05) is 24.3 Å². The molecule has 0 aliphatic rings. The molecule has 0 saturated heterocycles. The van der Waals surface area contributed by atoms with Gasteiger partial charge in [-0.05, 0) is 35.4 Å². The van der Waals surface area contributed by atoms with Gasteiger partial charge in [0.25, 0.3) is 0 Å². The molecule has 18 heavy (non-hydrogen) atoms. The minimum Gasteiger partial charge on any atom is -0.508 e. The van der Waals surface area contributed by atoms with E-state index >= 15 is 0 Å². The smallest absolute Gasteiger partial charge is 0.119 e. The Morgan fingerprint density at radius 2 is 1.39 bits per heavy atom. The van der Waals surface area contributed by atoms with E-state index in [9.17, 15) is 10.2 Å². The molecule has 0 aliphatic heterocycles. The van der Waals surface area contributed by atoms with Crippen LogP contribution in [0.1, 0.15) is 16.7 Å². The highest BCUT2D eigenvalue weighted by molar-refractivity contribution is 5.71. The fraction of sp³-hybridized carbons (Fsp3) is 0. The molecule has 0 saturated carbocycles. The minimum atomic E-state index is 0.0227. The Morgan fingerprint density at radius 3 is 1.94 bits per heavy atom. The lowest BCUT2D eigenvalue weighted by atomic mass is 10.1. The summed E-state index contributed by atoms with van der Waals surface area (Å²) < 4.78 is 0. The molecule has 2 N–H and O–H groups in total. The molecule has 2 aromatic rings. The predicted octanol–water partition coefficient (Wildman–Crippen LogP) is 3.14. The molecular weight excluding hydrogens is 226 g/mol. The average Bonchev–Trinajstić information content (AvgIpc) is 2.36. The molecule has 0 aliphatic carbocycles. The Morgan fingerprint density at radius 1 is 0.833 bits per heavy atom. The van der Waals surface area contributed by atoms with E-state index in [-0.39, 0.29) is 11.5 Å². The number of nitrogens with zero attached hydrogens (tertiary/aromatic N) is 1. The van der Waals surface area contributed by atoms with Crippen molar-refractivity contribution in [3.63, 3.8) is 0 Å². The summed E-state index contributed by atoms with van der Waals surface area (Å²) in [5.74, 6) is 0.0453. The number of nitriles is 1. The lowest BCUT2D eigenvalue weighted by Crippen LogP contribution is -1.76. The summed E-state index contributed by atoms with van der Waals surface area (Å²) in [5, 5.41) is 27.3. The number of rotatable bonds is 2. The lowest BCUT2D eigenvalue weighted by molar-refractivity contribution is 0.450. The van der Waals surface area contributed by atoms with Gasteiger partial charge in [0.05, 0.1) is 11.6 Å². The normalized spacial score (nSPS) is 10.4. The topological polar surface area (TPSA) is 64.2 Å². The highest BCUT2D eigenvalue weighted by Crippen LogP contribution is 2.21. The number of benzene rings is 2. The van der Waals surface area contributed by atoms with E-state index in [0.717, 1.165) is 5.56 Å². The van der Waals surface area contributed by atoms with Crippen molar-refractivity contribution in [3.8, 4) is 17.6 Å². The van der Waals surface area contributed by atoms with Crippen molar-refractivity contribution in [2.75, 3.05) is 0 Å². The fourth-order valence-electron chi connectivity index (χ4n) is 1.58. The third-order valence-electron chi connectivity index (χ3n) is 2.43. The van der Waals surface area contributed by atoms with Crippen molar-refractivity contribution in [3.05, 3.63) is 59.2 Å². The van der Waals surface area contributed by atoms with Crippen molar-refractivity contribution < 1.29 is 10.2 Å². The molecule has 2 rings (SSSR count). The molecule has 0 radical (unpaired) electrons. The standard InChI is InChI=1S/C15H11NO2/c16-10-12-4-1-11(2-5-12)3-6-13-7-14(17)9-15(18)8-13/h1-9,17-18H/b6-3+. The molecule has 0 spiro atoms. The first-order valence-electron chi connectivity index (χ1n) is 5.38. The van der Waals surface area contributed by atoms with Crippen molar-refractivity contribution in [1.29, 1.82) is 5.26 Å². The second-order valence-electron chi connectivity index (χ2n) is 3.85. The summed E-state index contributed by atoms with van der Waals surface area (Å²) in [6, 6.07) is 13.6. The van der Waals surface area contributed by atoms with Gasteiger partial charge in [0.2, 0.25) is 0 Å². The molecule has 0 fully saturated rings. The summed E-state index contributed by atoms with van der Waals surface area (Å²) in [6.45, 7) is 0. The summed E-state index contributed by atoms with van der Waals surface area (Å²) in [5.41, 5.74) is 2.26. The van der Waals surface area contributed by atoms with Crippen LogP contribution in [0, 0.1) is 11.3 Å². The summed E-state index contributed by atoms with van der Waals surface area (Å²) >= 11 is 0. The zero-order valence-corrected chi connectivity index (χ0v) is 9.54. The van der Waals surface area contributed by atoms with Gasteiger partial charge in [-0.25, -0.2) is 0 Å². The first-order valence-corrected chi connectivity index (χ1v) is 5.38. The van der Waals surface area contributed by atoms with E-state index in [4.69, 9.17) is 5.26 Å². The van der Waals surface area contributed by atoms with Crippen LogP contribution < -0.4 is 0 Å². The molecule has 88 valence electrons. The zero-order chi connectivity index (χ0) is 13.0. The number of phenols is 2. The van der Waals surface area contributed by atoms with Crippen LogP contribution >= 0.6 is 0 Å². The number of aromatic hydroxyl groups is 2. The Balaban J connectivity index is 2.21. The molecule has 3 heteroatoms. The average molecular weight is 237 g/mol. The number of hydrogen-bond donors (Lipinski definition) is 2. The summed E-state index contributed by atoms with van der Waals surface area (Å²) in [6.07, 6.45) is 3.62. The van der Waals surface area contributed by atoms with Gasteiger partial charge in [0.1, 0.15) is 11.5 Å². The van der Waals surface area contributed by atoms with E-state index in [1.54, 1.807) is 30.3 Å². The number of hydrogen-bond acceptors (Lipinski definition) is 3. The molecule has 0 heterocycles. The van der Waals surface area contributed by atoms with Crippen molar-refractivity contribution in [2.24, 2.45) is 0 Å². The van der Waals surface area contributed by atoms with E-state index in [0.29, 0.717) is 11.1 Å². The van der Waals surface area contributed by atoms with Gasteiger partial charge >= 0.3 is 0 Å². The van der Waals surface area contributed by atoms with Crippen LogP contribution in [0.2, 0.25) is 0 Å². The zero-order valence-electron chi connectivity index (χ0n) is 9.54. The Hall–Kier alpha value is -2.73. The second-order valence-corrected chi connectivity index (χ2v) is 3.85. The highest BCUT2D eigenvalue weighted by Gasteiger charge is 1.96. The van der Waals surface area contributed by atoms with E-state index in [1.165, 1.54) is 6.07 Å². The molecular formula is C15H11NO2. The van der Waals surface area contributed by atoms with Gasteiger partial charge in [-0.2, -0.15) is 5.26 Å². The quantitative estimate of drug-likeness (QED) is 0.788. The molecule has 0 unspecified atom stereocenters. The van der Waals surface area contributed by atoms with Crippen molar-refractivity contribution in [2.45, 2.75) is 0 Å². The molecule has 0 bridgehead atoms. The van der Waals surface area contributed by atoms with Gasteiger partial charge in [0, 0.05) is 6.07 Å². The Labute approximate surface area is 105 Å². The van der Waals surface area contributed by atoms with Crippen LogP contribution in [-0.4, -0.2) is 10.2 Å². The molecule has 0 amide bonds.